The van der Waals surface area contributed by atoms with Crippen LogP contribution >= 0.6 is 0 Å². The molecule has 0 bridgehead atoms. The highest BCUT2D eigenvalue weighted by molar-refractivity contribution is 5.78. The Bertz CT molecular complexity index is 468. The van der Waals surface area contributed by atoms with Crippen molar-refractivity contribution < 1.29 is 9.18 Å². The van der Waals surface area contributed by atoms with E-state index in [0.29, 0.717) is 12.1 Å². The molecule has 1 aliphatic rings. The summed E-state index contributed by atoms with van der Waals surface area (Å²) in [6.07, 6.45) is 6.91. The Morgan fingerprint density at radius 2 is 2.28 bits per heavy atom. The van der Waals surface area contributed by atoms with Gasteiger partial charge in [-0.2, -0.15) is 0 Å². The summed E-state index contributed by atoms with van der Waals surface area (Å²) in [5, 5.41) is 2.92. The molecule has 0 spiro atoms. The molecule has 0 heterocycles. The Morgan fingerprint density at radius 1 is 1.44 bits per heavy atom. The highest BCUT2D eigenvalue weighted by Gasteiger charge is 2.17. The standard InChI is InChI=1S/C15H18FNO/c1-11-9-12(7-8-14(11)16)10-17-15(18)13-5-3-2-4-6-13/h2-3,7-9,13H,4-6,10H2,1H3,(H,17,18)/t13-/m0/s1. The van der Waals surface area contributed by atoms with Gasteiger partial charge in [0.15, 0.2) is 0 Å². The van der Waals surface area contributed by atoms with E-state index in [-0.39, 0.29) is 17.6 Å². The lowest BCUT2D eigenvalue weighted by Gasteiger charge is -2.17. The second kappa shape index (κ2) is 5.80. The second-order valence-corrected chi connectivity index (χ2v) is 4.78. The van der Waals surface area contributed by atoms with Gasteiger partial charge in [0.2, 0.25) is 5.91 Å². The smallest absolute Gasteiger partial charge is 0.223 e. The number of carbonyl (C=O) groups is 1. The molecule has 1 N–H and O–H groups in total. The van der Waals surface area contributed by atoms with Crippen molar-refractivity contribution in [2.45, 2.75) is 32.7 Å². The van der Waals surface area contributed by atoms with E-state index in [9.17, 15) is 9.18 Å². The predicted molar refractivity (Wildman–Crippen MR) is 69.5 cm³/mol. The topological polar surface area (TPSA) is 29.1 Å². The van der Waals surface area contributed by atoms with Crippen molar-refractivity contribution in [3.8, 4) is 0 Å². The predicted octanol–water partition coefficient (Wildman–Crippen LogP) is 3.11. The first kappa shape index (κ1) is 12.8. The van der Waals surface area contributed by atoms with Crippen LogP contribution in [-0.2, 0) is 11.3 Å². The lowest BCUT2D eigenvalue weighted by Crippen LogP contribution is -2.30. The second-order valence-electron chi connectivity index (χ2n) is 4.78. The molecule has 1 aliphatic carbocycles. The van der Waals surface area contributed by atoms with Gasteiger partial charge in [-0.3, -0.25) is 4.79 Å². The van der Waals surface area contributed by atoms with Gasteiger partial charge < -0.3 is 5.32 Å². The van der Waals surface area contributed by atoms with Crippen molar-refractivity contribution in [2.75, 3.05) is 0 Å². The lowest BCUT2D eigenvalue weighted by atomic mass is 9.93. The molecule has 0 saturated carbocycles. The molecule has 0 aromatic heterocycles. The molecule has 1 amide bonds. The largest absolute Gasteiger partial charge is 0.352 e. The van der Waals surface area contributed by atoms with Gasteiger partial charge in [-0.25, -0.2) is 4.39 Å². The summed E-state index contributed by atoms with van der Waals surface area (Å²) in [5.74, 6) is -0.0135. The molecule has 0 aliphatic heterocycles. The van der Waals surface area contributed by atoms with E-state index in [0.717, 1.165) is 24.8 Å². The zero-order valence-electron chi connectivity index (χ0n) is 10.6. The molecule has 2 rings (SSSR count). The Labute approximate surface area is 107 Å². The van der Waals surface area contributed by atoms with Crippen molar-refractivity contribution in [1.82, 2.24) is 5.32 Å². The molecule has 0 radical (unpaired) electrons. The minimum Gasteiger partial charge on any atom is -0.352 e. The third-order valence-corrected chi connectivity index (χ3v) is 3.33. The van der Waals surface area contributed by atoms with E-state index in [1.807, 2.05) is 0 Å². The average molecular weight is 247 g/mol. The zero-order chi connectivity index (χ0) is 13.0. The third kappa shape index (κ3) is 3.19. The first-order valence-electron chi connectivity index (χ1n) is 6.34. The highest BCUT2D eigenvalue weighted by atomic mass is 19.1. The van der Waals surface area contributed by atoms with Crippen LogP contribution in [0.4, 0.5) is 4.39 Å². The fourth-order valence-electron chi connectivity index (χ4n) is 2.18. The lowest BCUT2D eigenvalue weighted by molar-refractivity contribution is -0.125. The molecule has 1 atom stereocenters. The van der Waals surface area contributed by atoms with Gasteiger partial charge in [-0.15, -0.1) is 0 Å². The molecule has 0 saturated heterocycles. The summed E-state index contributed by atoms with van der Waals surface area (Å²) in [6.45, 7) is 2.20. The first-order valence-corrected chi connectivity index (χ1v) is 6.34. The van der Waals surface area contributed by atoms with Gasteiger partial charge in [0, 0.05) is 12.5 Å². The molecular weight excluding hydrogens is 229 g/mol. The number of hydrogen-bond donors (Lipinski definition) is 1. The van der Waals surface area contributed by atoms with Crippen LogP contribution in [0, 0.1) is 18.7 Å². The Hall–Kier alpha value is -1.64. The van der Waals surface area contributed by atoms with Crippen molar-refractivity contribution in [1.29, 1.82) is 0 Å². The number of rotatable bonds is 3. The molecule has 0 unspecified atom stereocenters. The van der Waals surface area contributed by atoms with Crippen LogP contribution in [-0.4, -0.2) is 5.91 Å². The van der Waals surface area contributed by atoms with Gasteiger partial charge >= 0.3 is 0 Å². The maximum absolute atomic E-state index is 13.1. The minimum absolute atomic E-state index is 0.0940. The van der Waals surface area contributed by atoms with Gasteiger partial charge in [-0.1, -0.05) is 24.3 Å². The van der Waals surface area contributed by atoms with E-state index < -0.39 is 0 Å². The fourth-order valence-corrected chi connectivity index (χ4v) is 2.18. The quantitative estimate of drug-likeness (QED) is 0.817. The van der Waals surface area contributed by atoms with Crippen LogP contribution in [0.15, 0.2) is 30.4 Å². The summed E-state index contributed by atoms with van der Waals surface area (Å²) >= 11 is 0. The molecule has 96 valence electrons. The number of hydrogen-bond acceptors (Lipinski definition) is 1. The number of nitrogens with one attached hydrogen (secondary N) is 1. The van der Waals surface area contributed by atoms with Gasteiger partial charge in [0.25, 0.3) is 0 Å². The van der Waals surface area contributed by atoms with E-state index in [4.69, 9.17) is 0 Å². The maximum atomic E-state index is 13.1. The minimum atomic E-state index is -0.206. The fraction of sp³-hybridized carbons (Fsp3) is 0.400. The Kier molecular flexibility index (Phi) is 4.13. The molecule has 3 heteroatoms. The molecule has 2 nitrogen and oxygen atoms in total. The Morgan fingerprint density at radius 3 is 2.94 bits per heavy atom. The summed E-state index contributed by atoms with van der Waals surface area (Å²) in [7, 11) is 0. The summed E-state index contributed by atoms with van der Waals surface area (Å²) in [6, 6.07) is 4.93. The molecule has 1 aromatic rings. The average Bonchev–Trinajstić information content (AvgIpc) is 2.41. The van der Waals surface area contributed by atoms with Gasteiger partial charge in [-0.05, 0) is 43.4 Å². The van der Waals surface area contributed by atoms with Gasteiger partial charge in [0.05, 0.1) is 0 Å². The normalized spacial score (nSPS) is 18.7. The first-order chi connectivity index (χ1) is 8.66. The van der Waals surface area contributed by atoms with Gasteiger partial charge in [0.1, 0.15) is 5.82 Å². The van der Waals surface area contributed by atoms with Crippen molar-refractivity contribution in [3.05, 3.63) is 47.3 Å². The SMILES string of the molecule is Cc1cc(CNC(=O)[C@H]2CC=CCC2)ccc1F. The summed E-state index contributed by atoms with van der Waals surface area (Å²) < 4.78 is 13.1. The van der Waals surface area contributed by atoms with Crippen LogP contribution in [0.2, 0.25) is 0 Å². The monoisotopic (exact) mass is 247 g/mol. The van der Waals surface area contributed by atoms with Crippen LogP contribution in [0.5, 0.6) is 0 Å². The van der Waals surface area contributed by atoms with E-state index in [1.54, 1.807) is 19.1 Å². The molecular formula is C15H18FNO. The number of halogens is 1. The maximum Gasteiger partial charge on any atom is 0.223 e. The molecule has 18 heavy (non-hydrogen) atoms. The number of allylic oxidation sites excluding steroid dienone is 2. The molecule has 1 aromatic carbocycles. The van der Waals surface area contributed by atoms with Crippen molar-refractivity contribution >= 4 is 5.91 Å². The summed E-state index contributed by atoms with van der Waals surface area (Å²) in [4.78, 5) is 11.9. The van der Waals surface area contributed by atoms with Crippen LogP contribution in [0.25, 0.3) is 0 Å². The van der Waals surface area contributed by atoms with E-state index in [2.05, 4.69) is 17.5 Å². The van der Waals surface area contributed by atoms with E-state index >= 15 is 0 Å². The van der Waals surface area contributed by atoms with E-state index in [1.165, 1.54) is 6.07 Å². The number of aryl methyl sites for hydroxylation is 1. The number of benzene rings is 1. The molecule has 0 fully saturated rings. The van der Waals surface area contributed by atoms with Crippen molar-refractivity contribution in [3.63, 3.8) is 0 Å². The number of carbonyl (C=O) groups excluding carboxylic acids is 1. The Balaban J connectivity index is 1.88. The zero-order valence-corrected chi connectivity index (χ0v) is 10.6. The number of amides is 1. The third-order valence-electron chi connectivity index (χ3n) is 3.33. The van der Waals surface area contributed by atoms with Crippen LogP contribution in [0.1, 0.15) is 30.4 Å². The van der Waals surface area contributed by atoms with Crippen LogP contribution in [0.3, 0.4) is 0 Å². The summed E-state index contributed by atoms with van der Waals surface area (Å²) in [5.41, 5.74) is 1.55. The van der Waals surface area contributed by atoms with Crippen molar-refractivity contribution in [2.24, 2.45) is 5.92 Å². The van der Waals surface area contributed by atoms with Crippen LogP contribution < -0.4 is 5.32 Å². The highest BCUT2D eigenvalue weighted by Crippen LogP contribution is 2.18.